The average molecular weight is 425 g/mol. The Balaban J connectivity index is 1.63. The Morgan fingerprint density at radius 2 is 1.63 bits per heavy atom. The molecular formula is C21H19N3O5S. The Morgan fingerprint density at radius 3 is 2.23 bits per heavy atom. The SMILES string of the molecule is O=C(Cc1ccccc1)Nc1ccc(S(=O)(=O)NC(=O)c2ccc(CO)nc2)cc1. The number of pyridine rings is 1. The van der Waals surface area contributed by atoms with Crippen LogP contribution in [0.2, 0.25) is 0 Å². The summed E-state index contributed by atoms with van der Waals surface area (Å²) in [6, 6.07) is 17.5. The Hall–Kier alpha value is -3.56. The van der Waals surface area contributed by atoms with E-state index in [1.807, 2.05) is 35.1 Å². The smallest absolute Gasteiger partial charge is 0.266 e. The minimum atomic E-state index is -4.11. The van der Waals surface area contributed by atoms with Crippen molar-refractivity contribution >= 4 is 27.5 Å². The molecule has 1 aromatic heterocycles. The standard InChI is InChI=1S/C21H19N3O5S/c25-14-18-7-6-16(13-22-18)21(27)24-30(28,29)19-10-8-17(9-11-19)23-20(26)12-15-4-2-1-3-5-15/h1-11,13,25H,12,14H2,(H,23,26)(H,24,27). The molecule has 2 aromatic carbocycles. The van der Waals surface area contributed by atoms with E-state index in [0.29, 0.717) is 11.4 Å². The average Bonchev–Trinajstić information content (AvgIpc) is 2.74. The van der Waals surface area contributed by atoms with Crippen LogP contribution in [-0.4, -0.2) is 30.3 Å². The van der Waals surface area contributed by atoms with Gasteiger partial charge in [-0.15, -0.1) is 0 Å². The van der Waals surface area contributed by atoms with E-state index in [-0.39, 0.29) is 29.4 Å². The van der Waals surface area contributed by atoms with Crippen LogP contribution in [0.1, 0.15) is 21.6 Å². The van der Waals surface area contributed by atoms with Crippen LogP contribution in [0.3, 0.4) is 0 Å². The molecule has 8 nitrogen and oxygen atoms in total. The number of nitrogens with one attached hydrogen (secondary N) is 2. The summed E-state index contributed by atoms with van der Waals surface area (Å²) in [4.78, 5) is 28.0. The number of sulfonamides is 1. The first-order chi connectivity index (χ1) is 14.4. The van der Waals surface area contributed by atoms with Gasteiger partial charge in [-0.3, -0.25) is 14.6 Å². The number of nitrogens with zero attached hydrogens (tertiary/aromatic N) is 1. The molecule has 0 aliphatic heterocycles. The molecule has 0 unspecified atom stereocenters. The number of carbonyl (C=O) groups is 2. The Bertz CT molecular complexity index is 1130. The Labute approximate surface area is 173 Å². The fourth-order valence-electron chi connectivity index (χ4n) is 2.60. The molecule has 0 aliphatic rings. The lowest BCUT2D eigenvalue weighted by atomic mass is 10.1. The van der Waals surface area contributed by atoms with Crippen molar-refractivity contribution in [3.8, 4) is 0 Å². The summed E-state index contributed by atoms with van der Waals surface area (Å²) in [5, 5.41) is 11.7. The fourth-order valence-corrected chi connectivity index (χ4v) is 3.57. The van der Waals surface area contributed by atoms with Crippen LogP contribution in [-0.2, 0) is 27.8 Å². The summed E-state index contributed by atoms with van der Waals surface area (Å²) in [5.74, 6) is -1.07. The highest BCUT2D eigenvalue weighted by Gasteiger charge is 2.19. The number of rotatable bonds is 7. The largest absolute Gasteiger partial charge is 0.390 e. The third kappa shape index (κ3) is 5.49. The van der Waals surface area contributed by atoms with Crippen LogP contribution in [0.5, 0.6) is 0 Å². The molecule has 0 aliphatic carbocycles. The first-order valence-electron chi connectivity index (χ1n) is 8.94. The third-order valence-electron chi connectivity index (χ3n) is 4.13. The van der Waals surface area contributed by atoms with Gasteiger partial charge in [-0.05, 0) is 42.0 Å². The van der Waals surface area contributed by atoms with E-state index in [4.69, 9.17) is 5.11 Å². The van der Waals surface area contributed by atoms with E-state index >= 15 is 0 Å². The van der Waals surface area contributed by atoms with Crippen molar-refractivity contribution in [2.75, 3.05) is 5.32 Å². The lowest BCUT2D eigenvalue weighted by molar-refractivity contribution is -0.115. The van der Waals surface area contributed by atoms with Gasteiger partial charge in [-0.2, -0.15) is 0 Å². The maximum absolute atomic E-state index is 12.4. The zero-order valence-electron chi connectivity index (χ0n) is 15.8. The fraction of sp³-hybridized carbons (Fsp3) is 0.0952. The molecule has 3 N–H and O–H groups in total. The highest BCUT2D eigenvalue weighted by atomic mass is 32.2. The predicted molar refractivity (Wildman–Crippen MR) is 110 cm³/mol. The monoisotopic (exact) mass is 425 g/mol. The highest BCUT2D eigenvalue weighted by Crippen LogP contribution is 2.15. The first kappa shape index (κ1) is 21.2. The molecular weight excluding hydrogens is 406 g/mol. The molecule has 1 heterocycles. The molecule has 0 saturated heterocycles. The van der Waals surface area contributed by atoms with Gasteiger partial charge in [0.25, 0.3) is 15.9 Å². The lowest BCUT2D eigenvalue weighted by Gasteiger charge is -2.09. The molecule has 0 fully saturated rings. The number of amides is 2. The summed E-state index contributed by atoms with van der Waals surface area (Å²) in [7, 11) is -4.11. The quantitative estimate of drug-likeness (QED) is 0.531. The van der Waals surface area contributed by atoms with Gasteiger partial charge in [0.1, 0.15) is 0 Å². The maximum atomic E-state index is 12.4. The summed E-state index contributed by atoms with van der Waals surface area (Å²) < 4.78 is 26.8. The van der Waals surface area contributed by atoms with Gasteiger partial charge in [0, 0.05) is 11.9 Å². The molecule has 3 aromatic rings. The van der Waals surface area contributed by atoms with Crippen LogP contribution in [0.4, 0.5) is 5.69 Å². The molecule has 0 radical (unpaired) electrons. The minimum absolute atomic E-state index is 0.0422. The normalized spacial score (nSPS) is 11.0. The van der Waals surface area contributed by atoms with Crippen LogP contribution < -0.4 is 10.0 Å². The Kier molecular flexibility index (Phi) is 6.55. The summed E-state index contributed by atoms with van der Waals surface area (Å²) in [6.45, 7) is -0.283. The molecule has 0 atom stereocenters. The molecule has 3 rings (SSSR count). The molecule has 0 bridgehead atoms. The first-order valence-corrected chi connectivity index (χ1v) is 10.4. The van der Waals surface area contributed by atoms with Gasteiger partial charge in [-0.25, -0.2) is 13.1 Å². The minimum Gasteiger partial charge on any atom is -0.390 e. The number of aliphatic hydroxyl groups is 1. The van der Waals surface area contributed by atoms with Gasteiger partial charge >= 0.3 is 0 Å². The maximum Gasteiger partial charge on any atom is 0.266 e. The van der Waals surface area contributed by atoms with Crippen molar-refractivity contribution < 1.29 is 23.1 Å². The zero-order chi connectivity index (χ0) is 21.6. The predicted octanol–water partition coefficient (Wildman–Crippen LogP) is 1.87. The van der Waals surface area contributed by atoms with E-state index in [0.717, 1.165) is 5.56 Å². The topological polar surface area (TPSA) is 125 Å². The van der Waals surface area contributed by atoms with Crippen LogP contribution >= 0.6 is 0 Å². The molecule has 30 heavy (non-hydrogen) atoms. The van der Waals surface area contributed by atoms with E-state index in [1.54, 1.807) is 0 Å². The second kappa shape index (κ2) is 9.29. The molecule has 154 valence electrons. The van der Waals surface area contributed by atoms with Crippen LogP contribution in [0.15, 0.2) is 77.8 Å². The lowest BCUT2D eigenvalue weighted by Crippen LogP contribution is -2.30. The number of anilines is 1. The second-order valence-electron chi connectivity index (χ2n) is 6.37. The van der Waals surface area contributed by atoms with Crippen LogP contribution in [0.25, 0.3) is 0 Å². The number of hydrogen-bond donors (Lipinski definition) is 3. The van der Waals surface area contributed by atoms with Crippen molar-refractivity contribution in [2.24, 2.45) is 0 Å². The molecule has 2 amide bonds. The van der Waals surface area contributed by atoms with Crippen LogP contribution in [0, 0.1) is 0 Å². The second-order valence-corrected chi connectivity index (χ2v) is 8.05. The van der Waals surface area contributed by atoms with Gasteiger partial charge in [0.2, 0.25) is 5.91 Å². The van der Waals surface area contributed by atoms with Crippen molar-refractivity contribution in [1.29, 1.82) is 0 Å². The third-order valence-corrected chi connectivity index (χ3v) is 5.48. The van der Waals surface area contributed by atoms with Crippen molar-refractivity contribution in [3.05, 3.63) is 89.7 Å². The Morgan fingerprint density at radius 1 is 0.933 bits per heavy atom. The van der Waals surface area contributed by atoms with Crippen molar-refractivity contribution in [2.45, 2.75) is 17.9 Å². The van der Waals surface area contributed by atoms with Crippen molar-refractivity contribution in [3.63, 3.8) is 0 Å². The summed E-state index contributed by atoms with van der Waals surface area (Å²) in [5.41, 5.74) is 1.70. The zero-order valence-corrected chi connectivity index (χ0v) is 16.6. The van der Waals surface area contributed by atoms with Gasteiger partial charge < -0.3 is 10.4 Å². The molecule has 9 heteroatoms. The van der Waals surface area contributed by atoms with Gasteiger partial charge in [0.15, 0.2) is 0 Å². The highest BCUT2D eigenvalue weighted by molar-refractivity contribution is 7.90. The number of aliphatic hydroxyl groups excluding tert-OH is 1. The van der Waals surface area contributed by atoms with Crippen molar-refractivity contribution in [1.82, 2.24) is 9.71 Å². The van der Waals surface area contributed by atoms with E-state index in [2.05, 4.69) is 10.3 Å². The molecule has 0 saturated carbocycles. The molecule has 0 spiro atoms. The summed E-state index contributed by atoms with van der Waals surface area (Å²) in [6.07, 6.45) is 1.38. The van der Waals surface area contributed by atoms with E-state index in [9.17, 15) is 18.0 Å². The van der Waals surface area contributed by atoms with E-state index in [1.165, 1.54) is 42.6 Å². The number of benzene rings is 2. The number of hydrogen-bond acceptors (Lipinski definition) is 6. The van der Waals surface area contributed by atoms with E-state index < -0.39 is 15.9 Å². The number of carbonyl (C=O) groups excluding carboxylic acids is 2. The summed E-state index contributed by atoms with van der Waals surface area (Å²) >= 11 is 0. The van der Waals surface area contributed by atoms with Gasteiger partial charge in [0.05, 0.1) is 29.2 Å². The number of aromatic nitrogens is 1. The van der Waals surface area contributed by atoms with Gasteiger partial charge in [-0.1, -0.05) is 30.3 Å².